The van der Waals surface area contributed by atoms with Crippen LogP contribution in [-0.2, 0) is 47.4 Å². The topological polar surface area (TPSA) is 0 Å². The molecule has 3 heteroatoms. The van der Waals surface area contributed by atoms with Crippen molar-refractivity contribution in [3.63, 3.8) is 0 Å². The minimum absolute atomic E-state index is 0. The monoisotopic (exact) mass is 400 g/mol. The molecule has 0 saturated carbocycles. The average Bonchev–Trinajstić information content (AvgIpc) is 3.06. The Kier molecular flexibility index (Phi) is 6.57. The van der Waals surface area contributed by atoms with Crippen LogP contribution in [-0.4, -0.2) is 0 Å². The molecular weight excluding hydrogens is 383 g/mol. The fraction of sp³-hybridized carbons (Fsp3) is 0.182. The summed E-state index contributed by atoms with van der Waals surface area (Å²) in [6.45, 7) is 0. The first-order valence-corrected chi connectivity index (χ1v) is 8.22. The maximum atomic E-state index is 2.42. The van der Waals surface area contributed by atoms with Gasteiger partial charge in [0.2, 0.25) is 0 Å². The molecular formula is C22H18Cl2Ti. The Hall–Kier alpha value is -1.05. The van der Waals surface area contributed by atoms with Crippen molar-refractivity contribution >= 4 is 21.5 Å². The van der Waals surface area contributed by atoms with E-state index in [1.807, 2.05) is 0 Å². The van der Waals surface area contributed by atoms with Gasteiger partial charge in [-0.05, 0) is 12.8 Å². The molecule has 0 nitrogen and oxygen atoms in total. The second kappa shape index (κ2) is 8.10. The van der Waals surface area contributed by atoms with Crippen molar-refractivity contribution in [2.45, 2.75) is 25.7 Å². The summed E-state index contributed by atoms with van der Waals surface area (Å²) in [5.41, 5.74) is 6.31. The zero-order valence-corrected chi connectivity index (χ0v) is 16.9. The molecule has 0 N–H and O–H groups in total. The summed E-state index contributed by atoms with van der Waals surface area (Å²) in [5, 5.41) is 5.77. The Bertz CT molecular complexity index is 912. The molecule has 0 fully saturated rings. The van der Waals surface area contributed by atoms with Gasteiger partial charge in [-0.1, -0.05) is 25.0 Å². The van der Waals surface area contributed by atoms with Crippen molar-refractivity contribution in [1.82, 2.24) is 0 Å². The Labute approximate surface area is 176 Å². The van der Waals surface area contributed by atoms with Gasteiger partial charge < -0.3 is 24.8 Å². The van der Waals surface area contributed by atoms with E-state index in [1.165, 1.54) is 47.2 Å². The van der Waals surface area contributed by atoms with Crippen LogP contribution in [0.15, 0.2) is 60.7 Å². The minimum atomic E-state index is 0. The Morgan fingerprint density at radius 2 is 1.00 bits per heavy atom. The number of benzene rings is 2. The van der Waals surface area contributed by atoms with Gasteiger partial charge in [-0.25, -0.2) is 0 Å². The quantitative estimate of drug-likeness (QED) is 0.271. The van der Waals surface area contributed by atoms with Crippen LogP contribution in [0, 0.1) is 0 Å². The largest absolute Gasteiger partial charge is 4.00 e. The molecule has 0 aromatic heterocycles. The van der Waals surface area contributed by atoms with Crippen molar-refractivity contribution in [2.24, 2.45) is 0 Å². The molecule has 1 aliphatic carbocycles. The van der Waals surface area contributed by atoms with Gasteiger partial charge in [-0.3, -0.25) is 0 Å². The molecule has 0 radical (unpaired) electrons. The van der Waals surface area contributed by atoms with Gasteiger partial charge in [0.15, 0.2) is 0 Å². The first kappa shape index (κ1) is 20.3. The Balaban J connectivity index is 0.000000751. The molecule has 5 rings (SSSR count). The smallest absolute Gasteiger partial charge is 1.00 e. The third-order valence-electron chi connectivity index (χ3n) is 5.30. The number of hydrogen-bond acceptors (Lipinski definition) is 0. The molecule has 124 valence electrons. The van der Waals surface area contributed by atoms with E-state index in [9.17, 15) is 0 Å². The molecule has 0 atom stereocenters. The van der Waals surface area contributed by atoms with Gasteiger partial charge >= 0.3 is 21.7 Å². The third kappa shape index (κ3) is 3.34. The van der Waals surface area contributed by atoms with Crippen molar-refractivity contribution in [3.8, 4) is 0 Å². The van der Waals surface area contributed by atoms with Gasteiger partial charge in [0.05, 0.1) is 0 Å². The molecule has 0 unspecified atom stereocenters. The van der Waals surface area contributed by atoms with E-state index in [1.54, 1.807) is 22.3 Å². The van der Waals surface area contributed by atoms with E-state index in [4.69, 9.17) is 0 Å². The first-order chi connectivity index (χ1) is 10.9. The van der Waals surface area contributed by atoms with Gasteiger partial charge in [0, 0.05) is 0 Å². The van der Waals surface area contributed by atoms with Crippen molar-refractivity contribution < 1.29 is 46.5 Å². The van der Waals surface area contributed by atoms with Crippen LogP contribution in [0.3, 0.4) is 0 Å². The van der Waals surface area contributed by atoms with E-state index in [0.29, 0.717) is 0 Å². The number of halogens is 2. The molecule has 1 aliphatic rings. The van der Waals surface area contributed by atoms with Gasteiger partial charge in [-0.2, -0.15) is 12.1 Å². The van der Waals surface area contributed by atoms with Crippen LogP contribution in [0.4, 0.5) is 0 Å². The van der Waals surface area contributed by atoms with E-state index in [0.717, 1.165) is 0 Å². The molecule has 0 heterocycles. The number of aryl methyl sites for hydroxylation is 4. The van der Waals surface area contributed by atoms with Crippen molar-refractivity contribution in [1.29, 1.82) is 0 Å². The Morgan fingerprint density at radius 1 is 0.600 bits per heavy atom. The predicted molar refractivity (Wildman–Crippen MR) is 93.9 cm³/mol. The predicted octanol–water partition coefficient (Wildman–Crippen LogP) is -0.680. The van der Waals surface area contributed by atoms with Crippen LogP contribution >= 0.6 is 0 Å². The number of fused-ring (bicyclic) bond motifs is 6. The average molecular weight is 401 g/mol. The second-order valence-electron chi connectivity index (χ2n) is 6.47. The van der Waals surface area contributed by atoms with Crippen LogP contribution < -0.4 is 24.8 Å². The maximum Gasteiger partial charge on any atom is 4.00 e. The second-order valence-corrected chi connectivity index (χ2v) is 6.47. The number of rotatable bonds is 0. The molecule has 0 aliphatic heterocycles. The first-order valence-electron chi connectivity index (χ1n) is 8.22. The molecule has 0 amide bonds. The van der Waals surface area contributed by atoms with Crippen molar-refractivity contribution in [3.05, 3.63) is 82.9 Å². The van der Waals surface area contributed by atoms with E-state index in [2.05, 4.69) is 60.7 Å². The van der Waals surface area contributed by atoms with Crippen LogP contribution in [0.2, 0.25) is 0 Å². The molecule has 0 saturated heterocycles. The van der Waals surface area contributed by atoms with Gasteiger partial charge in [0.25, 0.3) is 0 Å². The summed E-state index contributed by atoms with van der Waals surface area (Å²) in [6.07, 6.45) is 4.69. The summed E-state index contributed by atoms with van der Waals surface area (Å²) < 4.78 is 0. The summed E-state index contributed by atoms with van der Waals surface area (Å²) in [7, 11) is 0. The molecule has 4 aromatic carbocycles. The molecule has 25 heavy (non-hydrogen) atoms. The Morgan fingerprint density at radius 3 is 1.44 bits per heavy atom. The normalized spacial score (nSPS) is 12.8. The minimum Gasteiger partial charge on any atom is -1.00 e. The van der Waals surface area contributed by atoms with Gasteiger partial charge in [0.1, 0.15) is 0 Å². The summed E-state index contributed by atoms with van der Waals surface area (Å²) in [4.78, 5) is 0. The fourth-order valence-corrected chi connectivity index (χ4v) is 4.25. The standard InChI is InChI=1S/C22H18.2ClH.Ti/c1-3-7-19-15(5-1)13-17-9-12-22-18(10-11-21(17)19)14-16-6-2-4-8-20(16)22;;;/h1-8,13-14H,9-12H2;2*1H;/q-2;;;+4/p-2. The molecule has 4 aromatic rings. The van der Waals surface area contributed by atoms with Crippen LogP contribution in [0.25, 0.3) is 21.5 Å². The molecule has 0 bridgehead atoms. The fourth-order valence-electron chi connectivity index (χ4n) is 4.25. The van der Waals surface area contributed by atoms with Crippen molar-refractivity contribution in [2.75, 3.05) is 0 Å². The zero-order chi connectivity index (χ0) is 14.5. The van der Waals surface area contributed by atoms with E-state index < -0.39 is 0 Å². The maximum absolute atomic E-state index is 2.42. The van der Waals surface area contributed by atoms with E-state index >= 15 is 0 Å². The van der Waals surface area contributed by atoms with E-state index in [-0.39, 0.29) is 46.5 Å². The zero-order valence-electron chi connectivity index (χ0n) is 13.9. The summed E-state index contributed by atoms with van der Waals surface area (Å²) >= 11 is 0. The third-order valence-corrected chi connectivity index (χ3v) is 5.30. The van der Waals surface area contributed by atoms with Crippen LogP contribution in [0.1, 0.15) is 22.3 Å². The molecule has 0 spiro atoms. The summed E-state index contributed by atoms with van der Waals surface area (Å²) in [5.74, 6) is 0. The van der Waals surface area contributed by atoms with Gasteiger partial charge in [-0.15, -0.1) is 80.2 Å². The SMILES string of the molecule is [Cl-].[Cl-].[Ti+4].c1ccc2c(c1)cc1[c-]2CCc2cc3ccccc3[c-]2CC1. The number of hydrogen-bond donors (Lipinski definition) is 0. The van der Waals surface area contributed by atoms with Crippen LogP contribution in [0.5, 0.6) is 0 Å². The summed E-state index contributed by atoms with van der Waals surface area (Å²) in [6, 6.07) is 22.6.